The molecule has 0 aliphatic carbocycles. The van der Waals surface area contributed by atoms with Crippen LogP contribution >= 0.6 is 0 Å². The largest absolute Gasteiger partial charge is 0.379 e. The Morgan fingerprint density at radius 3 is 2.46 bits per heavy atom. The Morgan fingerprint density at radius 2 is 1.79 bits per heavy atom. The van der Waals surface area contributed by atoms with Crippen LogP contribution in [0.25, 0.3) is 0 Å². The second-order valence-corrected chi connectivity index (χ2v) is 9.30. The molecule has 3 rings (SSSR count). The second kappa shape index (κ2) is 9.32. The molecule has 9 heteroatoms. The number of rotatable bonds is 6. The summed E-state index contributed by atoms with van der Waals surface area (Å²) in [6.07, 6.45) is 0. The van der Waals surface area contributed by atoms with E-state index in [1.807, 2.05) is 7.05 Å². The van der Waals surface area contributed by atoms with Gasteiger partial charge in [-0.1, -0.05) is 6.07 Å². The van der Waals surface area contributed by atoms with E-state index in [0.717, 1.165) is 32.8 Å². The molecule has 0 radical (unpaired) electrons. The van der Waals surface area contributed by atoms with Gasteiger partial charge in [0.25, 0.3) is 5.91 Å². The molecule has 0 aromatic heterocycles. The van der Waals surface area contributed by atoms with Crippen molar-refractivity contribution in [3.05, 3.63) is 29.3 Å². The molecule has 28 heavy (non-hydrogen) atoms. The maximum absolute atomic E-state index is 13.1. The Bertz CT molecular complexity index is 785. The molecule has 2 fully saturated rings. The van der Waals surface area contributed by atoms with Crippen LogP contribution in [0.2, 0.25) is 0 Å². The fraction of sp³-hybridized carbons (Fsp3) is 0.632. The number of piperazine rings is 1. The molecule has 0 saturated carbocycles. The number of amides is 1. The highest BCUT2D eigenvalue weighted by Gasteiger charge is 2.29. The number of sulfonamides is 1. The molecule has 1 aromatic carbocycles. The Morgan fingerprint density at radius 1 is 1.11 bits per heavy atom. The van der Waals surface area contributed by atoms with Crippen LogP contribution in [0.1, 0.15) is 15.9 Å². The Hall–Kier alpha value is -1.52. The molecule has 1 amide bonds. The molecule has 2 saturated heterocycles. The highest BCUT2D eigenvalue weighted by atomic mass is 32.2. The lowest BCUT2D eigenvalue weighted by Crippen LogP contribution is -2.47. The molecular weight excluding hydrogens is 380 g/mol. The number of carbonyl (C=O) groups is 1. The van der Waals surface area contributed by atoms with E-state index in [1.165, 1.54) is 10.4 Å². The topological polar surface area (TPSA) is 82.2 Å². The quantitative estimate of drug-likeness (QED) is 0.711. The minimum atomic E-state index is -3.61. The number of hydrogen-bond donors (Lipinski definition) is 1. The normalized spacial score (nSPS) is 20.2. The monoisotopic (exact) mass is 410 g/mol. The zero-order valence-electron chi connectivity index (χ0n) is 16.7. The van der Waals surface area contributed by atoms with E-state index in [2.05, 4.69) is 15.1 Å². The van der Waals surface area contributed by atoms with Crippen molar-refractivity contribution in [2.45, 2.75) is 11.8 Å². The Kier molecular flexibility index (Phi) is 7.05. The first kappa shape index (κ1) is 21.2. The minimum absolute atomic E-state index is 0.220. The summed E-state index contributed by atoms with van der Waals surface area (Å²) in [6, 6.07) is 4.90. The van der Waals surface area contributed by atoms with E-state index in [4.69, 9.17) is 4.74 Å². The Labute approximate surface area is 167 Å². The number of hydrogen-bond acceptors (Lipinski definition) is 6. The maximum atomic E-state index is 13.1. The molecule has 2 aliphatic heterocycles. The van der Waals surface area contributed by atoms with E-state index in [0.29, 0.717) is 43.9 Å². The summed E-state index contributed by atoms with van der Waals surface area (Å²) in [4.78, 5) is 17.1. The van der Waals surface area contributed by atoms with Gasteiger partial charge in [-0.15, -0.1) is 0 Å². The molecule has 0 unspecified atom stereocenters. The predicted octanol–water partition coefficient (Wildman–Crippen LogP) is -0.00688. The molecule has 2 aliphatic rings. The fourth-order valence-electron chi connectivity index (χ4n) is 3.44. The van der Waals surface area contributed by atoms with Gasteiger partial charge >= 0.3 is 0 Å². The molecule has 1 N–H and O–H groups in total. The number of aryl methyl sites for hydroxylation is 1. The van der Waals surface area contributed by atoms with Gasteiger partial charge in [-0.05, 0) is 31.7 Å². The van der Waals surface area contributed by atoms with Crippen LogP contribution < -0.4 is 5.32 Å². The van der Waals surface area contributed by atoms with Gasteiger partial charge in [0.05, 0.1) is 18.1 Å². The van der Waals surface area contributed by atoms with Crippen molar-refractivity contribution in [1.29, 1.82) is 0 Å². The third kappa shape index (κ3) is 5.09. The molecular formula is C19H30N4O4S. The van der Waals surface area contributed by atoms with Gasteiger partial charge in [-0.2, -0.15) is 4.31 Å². The van der Waals surface area contributed by atoms with Crippen molar-refractivity contribution in [1.82, 2.24) is 19.4 Å². The van der Waals surface area contributed by atoms with E-state index in [-0.39, 0.29) is 10.8 Å². The van der Waals surface area contributed by atoms with Crippen molar-refractivity contribution in [3.63, 3.8) is 0 Å². The van der Waals surface area contributed by atoms with Crippen LogP contribution in [0.5, 0.6) is 0 Å². The number of likely N-dealkylation sites (N-methyl/N-ethyl adjacent to an activating group) is 1. The van der Waals surface area contributed by atoms with Crippen LogP contribution in [-0.4, -0.2) is 101 Å². The third-order valence-electron chi connectivity index (χ3n) is 5.35. The lowest BCUT2D eigenvalue weighted by Gasteiger charge is -2.32. The van der Waals surface area contributed by atoms with Gasteiger partial charge in [0.1, 0.15) is 0 Å². The molecule has 1 aromatic rings. The summed E-state index contributed by atoms with van der Waals surface area (Å²) in [5.41, 5.74) is 1.03. The SMILES string of the molecule is Cc1ccc(C(=O)NCCN2CCOCC2)cc1S(=O)(=O)N1CCN(C)CC1. The van der Waals surface area contributed by atoms with Crippen LogP contribution in [0.3, 0.4) is 0 Å². The number of morpholine rings is 1. The van der Waals surface area contributed by atoms with Gasteiger partial charge in [-0.3, -0.25) is 9.69 Å². The number of benzene rings is 1. The van der Waals surface area contributed by atoms with Gasteiger partial charge in [0.2, 0.25) is 10.0 Å². The van der Waals surface area contributed by atoms with Gasteiger partial charge in [-0.25, -0.2) is 8.42 Å². The van der Waals surface area contributed by atoms with Crippen molar-refractivity contribution < 1.29 is 17.9 Å². The molecule has 2 heterocycles. The van der Waals surface area contributed by atoms with Crippen LogP contribution in [0.15, 0.2) is 23.1 Å². The second-order valence-electron chi connectivity index (χ2n) is 7.40. The lowest BCUT2D eigenvalue weighted by molar-refractivity contribution is 0.0383. The summed E-state index contributed by atoms with van der Waals surface area (Å²) < 4.78 is 33.0. The van der Waals surface area contributed by atoms with Crippen LogP contribution in [-0.2, 0) is 14.8 Å². The van der Waals surface area contributed by atoms with E-state index >= 15 is 0 Å². The molecule has 8 nitrogen and oxygen atoms in total. The van der Waals surface area contributed by atoms with Crippen molar-refractivity contribution in [2.75, 3.05) is 72.6 Å². The van der Waals surface area contributed by atoms with E-state index in [1.54, 1.807) is 19.1 Å². The first-order chi connectivity index (χ1) is 13.4. The lowest BCUT2D eigenvalue weighted by atomic mass is 10.1. The van der Waals surface area contributed by atoms with Gasteiger partial charge in [0.15, 0.2) is 0 Å². The molecule has 0 atom stereocenters. The summed E-state index contributed by atoms with van der Waals surface area (Å²) in [5, 5.41) is 2.89. The van der Waals surface area contributed by atoms with Gasteiger partial charge < -0.3 is 15.0 Å². The van der Waals surface area contributed by atoms with Crippen molar-refractivity contribution >= 4 is 15.9 Å². The summed E-state index contributed by atoms with van der Waals surface area (Å²) in [5.74, 6) is -0.247. The standard InChI is InChI=1S/C19H30N4O4S/c1-16-3-4-17(19(24)20-5-6-22-11-13-27-14-12-22)15-18(16)28(25,26)23-9-7-21(2)8-10-23/h3-4,15H,5-14H2,1-2H3,(H,20,24). The minimum Gasteiger partial charge on any atom is -0.379 e. The first-order valence-corrected chi connectivity index (χ1v) is 11.2. The number of nitrogens with one attached hydrogen (secondary N) is 1. The summed E-state index contributed by atoms with van der Waals surface area (Å²) in [6.45, 7) is 8.58. The maximum Gasteiger partial charge on any atom is 0.251 e. The molecule has 0 spiro atoms. The Balaban J connectivity index is 1.65. The highest BCUT2D eigenvalue weighted by molar-refractivity contribution is 7.89. The van der Waals surface area contributed by atoms with Crippen molar-refractivity contribution in [3.8, 4) is 0 Å². The van der Waals surface area contributed by atoms with Crippen LogP contribution in [0, 0.1) is 6.92 Å². The zero-order chi connectivity index (χ0) is 20.1. The number of carbonyl (C=O) groups excluding carboxylic acids is 1. The smallest absolute Gasteiger partial charge is 0.251 e. The number of ether oxygens (including phenoxy) is 1. The fourth-order valence-corrected chi connectivity index (χ4v) is 5.11. The molecule has 0 bridgehead atoms. The average Bonchev–Trinajstić information content (AvgIpc) is 2.69. The van der Waals surface area contributed by atoms with Gasteiger partial charge in [0, 0.05) is 57.9 Å². The third-order valence-corrected chi connectivity index (χ3v) is 7.39. The first-order valence-electron chi connectivity index (χ1n) is 9.75. The van der Waals surface area contributed by atoms with E-state index in [9.17, 15) is 13.2 Å². The highest BCUT2D eigenvalue weighted by Crippen LogP contribution is 2.22. The summed E-state index contributed by atoms with van der Waals surface area (Å²) in [7, 11) is -1.62. The van der Waals surface area contributed by atoms with Crippen molar-refractivity contribution in [2.24, 2.45) is 0 Å². The number of nitrogens with zero attached hydrogens (tertiary/aromatic N) is 3. The zero-order valence-corrected chi connectivity index (χ0v) is 17.5. The summed E-state index contributed by atoms with van der Waals surface area (Å²) >= 11 is 0. The van der Waals surface area contributed by atoms with Crippen LogP contribution in [0.4, 0.5) is 0 Å². The molecule has 156 valence electrons. The predicted molar refractivity (Wildman–Crippen MR) is 107 cm³/mol. The van der Waals surface area contributed by atoms with E-state index < -0.39 is 10.0 Å². The average molecular weight is 411 g/mol.